The van der Waals surface area contributed by atoms with Gasteiger partial charge in [-0.25, -0.2) is 4.79 Å². The molecule has 3 rings (SSSR count). The maximum Gasteiger partial charge on any atom is 0.344 e. The molecule has 0 spiro atoms. The molecule has 9 nitrogen and oxygen atoms in total. The molecule has 0 bridgehead atoms. The molecule has 12 heteroatoms. The first-order chi connectivity index (χ1) is 14.9. The quantitative estimate of drug-likeness (QED) is 0.356. The van der Waals surface area contributed by atoms with Crippen LogP contribution < -0.4 is 20.5 Å². The zero-order valence-corrected chi connectivity index (χ0v) is 18.3. The number of hydrogen-bond donors (Lipinski definition) is 2. The summed E-state index contributed by atoms with van der Waals surface area (Å²) in [5, 5.41) is 3.70. The molecule has 0 fully saturated rings. The topological polar surface area (TPSA) is 121 Å². The van der Waals surface area contributed by atoms with Crippen LogP contribution in [-0.4, -0.2) is 34.6 Å². The molecule has 0 saturated heterocycles. The summed E-state index contributed by atoms with van der Waals surface area (Å²) >= 11 is 17.8. The molecule has 3 aromatic rings. The van der Waals surface area contributed by atoms with Gasteiger partial charge in [-0.1, -0.05) is 46.9 Å². The Kier molecular flexibility index (Phi) is 7.56. The van der Waals surface area contributed by atoms with Gasteiger partial charge in [0.05, 0.1) is 27.9 Å². The number of carbonyl (C=O) groups is 1. The monoisotopic (exact) mass is 483 g/mol. The van der Waals surface area contributed by atoms with Crippen molar-refractivity contribution in [1.82, 2.24) is 15.0 Å². The molecule has 0 aliphatic rings. The number of anilines is 3. The molecule has 1 aromatic heterocycles. The summed E-state index contributed by atoms with van der Waals surface area (Å²) in [6.45, 7) is -0.658. The number of benzene rings is 2. The Hall–Kier alpha value is -3.01. The number of nitrogen functional groups attached to an aromatic ring is 1. The molecule has 3 N–H and O–H groups in total. The van der Waals surface area contributed by atoms with Gasteiger partial charge in [0.25, 0.3) is 0 Å². The number of esters is 1. The van der Waals surface area contributed by atoms with Crippen LogP contribution in [0.5, 0.6) is 11.5 Å². The number of rotatable bonds is 8. The Morgan fingerprint density at radius 3 is 2.55 bits per heavy atom. The van der Waals surface area contributed by atoms with Gasteiger partial charge < -0.3 is 25.3 Å². The molecule has 2 aromatic carbocycles. The molecule has 0 aliphatic heterocycles. The zero-order chi connectivity index (χ0) is 22.4. The number of aromatic nitrogens is 3. The minimum absolute atomic E-state index is 0.0442. The zero-order valence-electron chi connectivity index (χ0n) is 16.1. The predicted molar refractivity (Wildman–Crippen MR) is 117 cm³/mol. The number of para-hydroxylation sites is 2. The Bertz CT molecular complexity index is 1100. The van der Waals surface area contributed by atoms with Crippen molar-refractivity contribution in [1.29, 1.82) is 0 Å². The van der Waals surface area contributed by atoms with Crippen molar-refractivity contribution in [2.75, 3.05) is 24.8 Å². The van der Waals surface area contributed by atoms with Crippen molar-refractivity contribution >= 4 is 58.4 Å². The van der Waals surface area contributed by atoms with E-state index < -0.39 is 12.6 Å². The predicted octanol–water partition coefficient (Wildman–Crippen LogP) is 4.29. The minimum Gasteiger partial charge on any atom is -0.495 e. The highest BCUT2D eigenvalue weighted by molar-refractivity contribution is 6.43. The third-order valence-corrected chi connectivity index (χ3v) is 4.75. The Morgan fingerprint density at radius 2 is 1.77 bits per heavy atom. The molecule has 162 valence electrons. The summed E-state index contributed by atoms with van der Waals surface area (Å²) in [7, 11) is 1.54. The lowest BCUT2D eigenvalue weighted by Gasteiger charge is -2.11. The first-order valence-corrected chi connectivity index (χ1v) is 9.82. The van der Waals surface area contributed by atoms with Gasteiger partial charge >= 0.3 is 5.97 Å². The van der Waals surface area contributed by atoms with Gasteiger partial charge in [-0.15, -0.1) is 0 Å². The van der Waals surface area contributed by atoms with Crippen LogP contribution in [0.25, 0.3) is 0 Å². The van der Waals surface area contributed by atoms with Crippen LogP contribution in [0.1, 0.15) is 5.82 Å². The molecular weight excluding hydrogens is 469 g/mol. The number of methoxy groups -OCH3 is 1. The van der Waals surface area contributed by atoms with Crippen molar-refractivity contribution < 1.29 is 19.0 Å². The lowest BCUT2D eigenvalue weighted by molar-refractivity contribution is -0.147. The van der Waals surface area contributed by atoms with E-state index in [1.807, 2.05) is 12.1 Å². The number of halogens is 3. The van der Waals surface area contributed by atoms with Crippen molar-refractivity contribution in [2.24, 2.45) is 0 Å². The van der Waals surface area contributed by atoms with Gasteiger partial charge in [0.1, 0.15) is 11.5 Å². The number of nitrogens with two attached hydrogens (primary N) is 1. The lowest BCUT2D eigenvalue weighted by atomic mass is 10.3. The number of nitrogens with one attached hydrogen (secondary N) is 1. The van der Waals surface area contributed by atoms with E-state index in [4.69, 9.17) is 54.7 Å². The Morgan fingerprint density at radius 1 is 1.03 bits per heavy atom. The third kappa shape index (κ3) is 6.24. The van der Waals surface area contributed by atoms with E-state index in [-0.39, 0.29) is 45.1 Å². The standard InChI is InChI=1S/C19H16Cl3N5O4/c1-29-14-5-3-2-4-13(14)24-19-26-16(25-18(23)27-19)8-31-17(28)9-30-15-7-11(21)10(20)6-12(15)22/h2-7H,8-9H2,1H3,(H3,23,24,25,26,27). The largest absolute Gasteiger partial charge is 0.495 e. The highest BCUT2D eigenvalue weighted by atomic mass is 35.5. The lowest BCUT2D eigenvalue weighted by Crippen LogP contribution is -2.16. The number of ether oxygens (including phenoxy) is 3. The van der Waals surface area contributed by atoms with E-state index in [0.29, 0.717) is 11.4 Å². The summed E-state index contributed by atoms with van der Waals surface area (Å²) < 4.78 is 15.7. The van der Waals surface area contributed by atoms with Gasteiger partial charge in [-0.3, -0.25) is 0 Å². The number of hydrogen-bond acceptors (Lipinski definition) is 9. The van der Waals surface area contributed by atoms with Gasteiger partial charge in [-0.05, 0) is 18.2 Å². The molecular formula is C19H16Cl3N5O4. The van der Waals surface area contributed by atoms with Gasteiger partial charge in [-0.2, -0.15) is 15.0 Å². The molecule has 0 amide bonds. The second-order valence-corrected chi connectivity index (χ2v) is 7.13. The average molecular weight is 485 g/mol. The maximum atomic E-state index is 12.0. The van der Waals surface area contributed by atoms with Crippen LogP contribution >= 0.6 is 34.8 Å². The molecule has 0 unspecified atom stereocenters. The summed E-state index contributed by atoms with van der Waals surface area (Å²) in [5.74, 6) is 0.374. The summed E-state index contributed by atoms with van der Waals surface area (Å²) in [4.78, 5) is 24.2. The smallest absolute Gasteiger partial charge is 0.344 e. The summed E-state index contributed by atoms with van der Waals surface area (Å²) in [6.07, 6.45) is 0. The van der Waals surface area contributed by atoms with E-state index in [1.165, 1.54) is 12.1 Å². The third-order valence-electron chi connectivity index (χ3n) is 3.74. The fraction of sp³-hybridized carbons (Fsp3) is 0.158. The molecule has 31 heavy (non-hydrogen) atoms. The Labute approximate surface area is 192 Å². The molecule has 0 aliphatic carbocycles. The van der Waals surface area contributed by atoms with E-state index in [9.17, 15) is 4.79 Å². The van der Waals surface area contributed by atoms with Gasteiger partial charge in [0.15, 0.2) is 19.0 Å². The van der Waals surface area contributed by atoms with Crippen LogP contribution in [0.15, 0.2) is 36.4 Å². The van der Waals surface area contributed by atoms with E-state index in [2.05, 4.69) is 20.3 Å². The number of carbonyl (C=O) groups excluding carboxylic acids is 1. The normalized spacial score (nSPS) is 10.5. The highest BCUT2D eigenvalue weighted by Gasteiger charge is 2.13. The fourth-order valence-electron chi connectivity index (χ4n) is 2.37. The fourth-order valence-corrected chi connectivity index (χ4v) is 2.96. The van der Waals surface area contributed by atoms with E-state index in [0.717, 1.165) is 0 Å². The maximum absolute atomic E-state index is 12.0. The van der Waals surface area contributed by atoms with Crippen LogP contribution in [0.4, 0.5) is 17.6 Å². The highest BCUT2D eigenvalue weighted by Crippen LogP contribution is 2.33. The van der Waals surface area contributed by atoms with Crippen molar-refractivity contribution in [3.8, 4) is 11.5 Å². The molecule has 1 heterocycles. The van der Waals surface area contributed by atoms with E-state index >= 15 is 0 Å². The van der Waals surface area contributed by atoms with Gasteiger partial charge in [0.2, 0.25) is 11.9 Å². The second-order valence-electron chi connectivity index (χ2n) is 5.90. The average Bonchev–Trinajstić information content (AvgIpc) is 2.74. The molecule has 0 saturated carbocycles. The Balaban J connectivity index is 1.60. The van der Waals surface area contributed by atoms with Crippen molar-refractivity contribution in [2.45, 2.75) is 6.61 Å². The number of nitrogens with zero attached hydrogens (tertiary/aromatic N) is 3. The SMILES string of the molecule is COc1ccccc1Nc1nc(N)nc(COC(=O)COc2cc(Cl)c(Cl)cc2Cl)n1. The molecule has 0 radical (unpaired) electrons. The second kappa shape index (κ2) is 10.3. The summed E-state index contributed by atoms with van der Waals surface area (Å²) in [6, 6.07) is 10.0. The van der Waals surface area contributed by atoms with Crippen LogP contribution in [0.2, 0.25) is 15.1 Å². The van der Waals surface area contributed by atoms with Crippen LogP contribution in [0, 0.1) is 0 Å². The minimum atomic E-state index is -0.680. The van der Waals surface area contributed by atoms with Gasteiger partial charge in [0, 0.05) is 6.07 Å². The summed E-state index contributed by atoms with van der Waals surface area (Å²) in [5.41, 5.74) is 6.36. The van der Waals surface area contributed by atoms with Crippen molar-refractivity contribution in [3.05, 3.63) is 57.3 Å². The first-order valence-electron chi connectivity index (χ1n) is 8.69. The van der Waals surface area contributed by atoms with Crippen LogP contribution in [0.3, 0.4) is 0 Å². The molecule has 0 atom stereocenters. The van der Waals surface area contributed by atoms with Crippen molar-refractivity contribution in [3.63, 3.8) is 0 Å². The van der Waals surface area contributed by atoms with E-state index in [1.54, 1.807) is 19.2 Å². The van der Waals surface area contributed by atoms with Crippen LogP contribution in [-0.2, 0) is 16.1 Å². The first kappa shape index (κ1) is 22.7.